The van der Waals surface area contributed by atoms with Gasteiger partial charge in [0.15, 0.2) is 9.84 Å². The summed E-state index contributed by atoms with van der Waals surface area (Å²) in [5, 5.41) is 7.42. The molecule has 1 aliphatic rings. The molecule has 1 amide bonds. The van der Waals surface area contributed by atoms with Gasteiger partial charge in [-0.1, -0.05) is 18.2 Å². The Morgan fingerprint density at radius 1 is 1.10 bits per heavy atom. The summed E-state index contributed by atoms with van der Waals surface area (Å²) in [6.07, 6.45) is 2.63. The van der Waals surface area contributed by atoms with Gasteiger partial charge in [0, 0.05) is 5.56 Å². The lowest BCUT2D eigenvalue weighted by Crippen LogP contribution is -2.24. The molecule has 0 radical (unpaired) electrons. The van der Waals surface area contributed by atoms with Crippen molar-refractivity contribution in [3.63, 3.8) is 0 Å². The second-order valence-corrected chi connectivity index (χ2v) is 8.85. The predicted molar refractivity (Wildman–Crippen MR) is 109 cm³/mol. The molecule has 0 atom stereocenters. The maximum absolute atomic E-state index is 12.6. The summed E-state index contributed by atoms with van der Waals surface area (Å²) in [6, 6.07) is 15.5. The van der Waals surface area contributed by atoms with Crippen molar-refractivity contribution in [3.8, 4) is 11.4 Å². The van der Waals surface area contributed by atoms with E-state index in [-0.39, 0.29) is 4.90 Å². The first-order chi connectivity index (χ1) is 14.0. The number of hydrogen-bond acceptors (Lipinski definition) is 5. The van der Waals surface area contributed by atoms with E-state index < -0.39 is 21.5 Å². The third-order valence-electron chi connectivity index (χ3n) is 4.91. The van der Waals surface area contributed by atoms with E-state index in [4.69, 9.17) is 4.74 Å². The van der Waals surface area contributed by atoms with E-state index >= 15 is 0 Å². The Bertz CT molecular complexity index is 1140. The van der Waals surface area contributed by atoms with Crippen LogP contribution in [0.5, 0.6) is 5.75 Å². The molecule has 1 aliphatic carbocycles. The van der Waals surface area contributed by atoms with Gasteiger partial charge in [-0.15, -0.1) is 0 Å². The van der Waals surface area contributed by atoms with Crippen molar-refractivity contribution in [2.24, 2.45) is 0 Å². The molecule has 7 nitrogen and oxygen atoms in total. The Hall–Kier alpha value is -3.13. The monoisotopic (exact) mass is 411 g/mol. The second kappa shape index (κ2) is 7.71. The van der Waals surface area contributed by atoms with Crippen LogP contribution in [-0.4, -0.2) is 37.0 Å². The molecular weight excluding hydrogens is 390 g/mol. The summed E-state index contributed by atoms with van der Waals surface area (Å²) >= 11 is 0. The molecule has 1 heterocycles. The van der Waals surface area contributed by atoms with Crippen LogP contribution in [-0.2, 0) is 27.5 Å². The van der Waals surface area contributed by atoms with Gasteiger partial charge in [-0.2, -0.15) is 5.10 Å². The molecular formula is C21H21N3O4S. The van der Waals surface area contributed by atoms with E-state index in [0.717, 1.165) is 36.2 Å². The number of carbonyl (C=O) groups is 1. The minimum atomic E-state index is -3.78. The zero-order valence-corrected chi connectivity index (χ0v) is 16.8. The number of anilines is 1. The Morgan fingerprint density at radius 3 is 2.52 bits per heavy atom. The van der Waals surface area contributed by atoms with Crippen molar-refractivity contribution >= 4 is 21.6 Å². The zero-order valence-electron chi connectivity index (χ0n) is 16.0. The highest BCUT2D eigenvalue weighted by atomic mass is 32.2. The summed E-state index contributed by atoms with van der Waals surface area (Å²) in [5.74, 6) is -0.129. The maximum atomic E-state index is 12.6. The van der Waals surface area contributed by atoms with E-state index in [2.05, 4.69) is 10.4 Å². The van der Waals surface area contributed by atoms with Crippen molar-refractivity contribution in [2.45, 2.75) is 24.2 Å². The number of amides is 1. The molecule has 0 saturated heterocycles. The van der Waals surface area contributed by atoms with E-state index in [0.29, 0.717) is 11.6 Å². The van der Waals surface area contributed by atoms with E-state index in [9.17, 15) is 13.2 Å². The molecule has 0 saturated carbocycles. The van der Waals surface area contributed by atoms with Crippen LogP contribution in [0.2, 0.25) is 0 Å². The lowest BCUT2D eigenvalue weighted by Gasteiger charge is -2.11. The number of aryl methyl sites for hydroxylation is 1. The van der Waals surface area contributed by atoms with Gasteiger partial charge in [-0.05, 0) is 55.7 Å². The third kappa shape index (κ3) is 3.88. The van der Waals surface area contributed by atoms with Gasteiger partial charge in [0.1, 0.15) is 17.3 Å². The van der Waals surface area contributed by atoms with Crippen molar-refractivity contribution in [1.82, 2.24) is 9.78 Å². The lowest BCUT2D eigenvalue weighted by molar-refractivity contribution is -0.113. The van der Waals surface area contributed by atoms with Crippen LogP contribution >= 0.6 is 0 Å². The molecule has 4 rings (SSSR count). The number of nitrogens with zero attached hydrogens (tertiary/aromatic N) is 2. The van der Waals surface area contributed by atoms with Crippen LogP contribution in [0.4, 0.5) is 5.82 Å². The number of benzene rings is 2. The van der Waals surface area contributed by atoms with Crippen molar-refractivity contribution < 1.29 is 17.9 Å². The highest BCUT2D eigenvalue weighted by molar-refractivity contribution is 7.92. The van der Waals surface area contributed by atoms with Crippen LogP contribution in [0.1, 0.15) is 17.7 Å². The van der Waals surface area contributed by atoms with Crippen LogP contribution in [0.3, 0.4) is 0 Å². The Kier molecular flexibility index (Phi) is 5.10. The maximum Gasteiger partial charge on any atom is 0.241 e. The van der Waals surface area contributed by atoms with Crippen molar-refractivity contribution in [2.75, 3.05) is 18.2 Å². The number of methoxy groups -OCH3 is 1. The fourth-order valence-electron chi connectivity index (χ4n) is 3.48. The lowest BCUT2D eigenvalue weighted by atomic mass is 10.2. The number of rotatable bonds is 6. The third-order valence-corrected chi connectivity index (χ3v) is 6.54. The Morgan fingerprint density at radius 2 is 1.83 bits per heavy atom. The van der Waals surface area contributed by atoms with Gasteiger partial charge in [0.25, 0.3) is 0 Å². The summed E-state index contributed by atoms with van der Waals surface area (Å²) in [4.78, 5) is 12.7. The first-order valence-corrected chi connectivity index (χ1v) is 11.0. The zero-order chi connectivity index (χ0) is 20.4. The van der Waals surface area contributed by atoms with Gasteiger partial charge in [-0.3, -0.25) is 4.79 Å². The first-order valence-electron chi connectivity index (χ1n) is 9.31. The average molecular weight is 411 g/mol. The molecule has 1 aromatic heterocycles. The number of ether oxygens (including phenoxy) is 1. The molecule has 0 bridgehead atoms. The minimum Gasteiger partial charge on any atom is -0.497 e. The topological polar surface area (TPSA) is 90.3 Å². The van der Waals surface area contributed by atoms with Crippen LogP contribution < -0.4 is 10.1 Å². The summed E-state index contributed by atoms with van der Waals surface area (Å²) in [7, 11) is -2.27. The largest absolute Gasteiger partial charge is 0.497 e. The first kappa shape index (κ1) is 19.2. The molecule has 1 N–H and O–H groups in total. The van der Waals surface area contributed by atoms with Gasteiger partial charge in [-0.25, -0.2) is 13.1 Å². The molecule has 3 aromatic rings. The quantitative estimate of drug-likeness (QED) is 0.674. The van der Waals surface area contributed by atoms with Gasteiger partial charge >= 0.3 is 0 Å². The molecule has 150 valence electrons. The smallest absolute Gasteiger partial charge is 0.241 e. The molecule has 29 heavy (non-hydrogen) atoms. The normalized spacial score (nSPS) is 13.1. The van der Waals surface area contributed by atoms with E-state index in [1.165, 1.54) is 19.2 Å². The molecule has 0 aliphatic heterocycles. The fourth-order valence-corrected chi connectivity index (χ4v) is 4.62. The molecule has 8 heteroatoms. The predicted octanol–water partition coefficient (Wildman–Crippen LogP) is 2.78. The molecule has 2 aromatic carbocycles. The highest BCUT2D eigenvalue weighted by Crippen LogP contribution is 2.31. The number of fused-ring (bicyclic) bond motifs is 1. The standard InChI is InChI=1S/C21H21N3O4S/c1-28-16-10-12-17(13-11-16)29(26,27)14-20(25)22-21-18-8-5-9-19(18)23-24(21)15-6-3-2-4-7-15/h2-4,6-7,10-13H,5,8-9,14H2,1H3,(H,22,25). The Balaban J connectivity index is 1.58. The van der Waals surface area contributed by atoms with Gasteiger partial charge in [0.05, 0.1) is 23.4 Å². The average Bonchev–Trinajstić information content (AvgIpc) is 3.31. The number of para-hydroxylation sites is 1. The number of carbonyl (C=O) groups excluding carboxylic acids is 1. The van der Waals surface area contributed by atoms with Crippen molar-refractivity contribution in [3.05, 3.63) is 65.9 Å². The molecule has 0 spiro atoms. The number of sulfone groups is 1. The number of nitrogens with one attached hydrogen (secondary N) is 1. The van der Waals surface area contributed by atoms with Crippen LogP contribution in [0.15, 0.2) is 59.5 Å². The van der Waals surface area contributed by atoms with Crippen LogP contribution in [0.25, 0.3) is 5.69 Å². The van der Waals surface area contributed by atoms with Gasteiger partial charge < -0.3 is 10.1 Å². The molecule has 0 unspecified atom stereocenters. The van der Waals surface area contributed by atoms with Gasteiger partial charge in [0.2, 0.25) is 5.91 Å². The van der Waals surface area contributed by atoms with E-state index in [1.54, 1.807) is 16.8 Å². The summed E-state index contributed by atoms with van der Waals surface area (Å²) in [5.41, 5.74) is 2.74. The SMILES string of the molecule is COc1ccc(S(=O)(=O)CC(=O)Nc2c3c(nn2-c2ccccc2)CCC3)cc1. The minimum absolute atomic E-state index is 0.0789. The highest BCUT2D eigenvalue weighted by Gasteiger charge is 2.26. The van der Waals surface area contributed by atoms with Crippen molar-refractivity contribution in [1.29, 1.82) is 0 Å². The second-order valence-electron chi connectivity index (χ2n) is 6.86. The summed E-state index contributed by atoms with van der Waals surface area (Å²) < 4.78 is 32.0. The number of aromatic nitrogens is 2. The fraction of sp³-hybridized carbons (Fsp3) is 0.238. The summed E-state index contributed by atoms with van der Waals surface area (Å²) in [6.45, 7) is 0. The van der Waals surface area contributed by atoms with E-state index in [1.807, 2.05) is 30.3 Å². The van der Waals surface area contributed by atoms with Crippen LogP contribution in [0, 0.1) is 0 Å². The Labute approximate surface area is 169 Å². The number of hydrogen-bond donors (Lipinski definition) is 1. The molecule has 0 fully saturated rings.